The number of methoxy groups -OCH3 is 1. The van der Waals surface area contributed by atoms with E-state index in [0.717, 1.165) is 56.1 Å². The van der Waals surface area contributed by atoms with Gasteiger partial charge in [0.2, 0.25) is 0 Å². The van der Waals surface area contributed by atoms with E-state index in [9.17, 15) is 8.42 Å². The molecular weight excluding hydrogens is 801 g/mol. The minimum Gasteiger partial charge on any atom is -0.414 e. The van der Waals surface area contributed by atoms with Gasteiger partial charge in [-0.2, -0.15) is 0 Å². The zero-order valence-electron chi connectivity index (χ0n) is 38.3. The Morgan fingerprint density at radius 2 is 1.42 bits per heavy atom. The monoisotopic (exact) mass is 878 g/mol. The Bertz CT molecular complexity index is 1630. The molecule has 0 bridgehead atoms. The van der Waals surface area contributed by atoms with Gasteiger partial charge in [-0.15, -0.1) is 0 Å². The van der Waals surface area contributed by atoms with Crippen LogP contribution in [0.3, 0.4) is 0 Å². The van der Waals surface area contributed by atoms with Gasteiger partial charge in [0.05, 0.1) is 79.3 Å². The molecule has 0 aromatic heterocycles. The summed E-state index contributed by atoms with van der Waals surface area (Å²) in [5, 5.41) is 0.0264. The lowest BCUT2D eigenvalue weighted by molar-refractivity contribution is -0.0728. The van der Waals surface area contributed by atoms with Crippen LogP contribution in [0.1, 0.15) is 99.3 Å². The second-order valence-electron chi connectivity index (χ2n) is 20.6. The molecule has 0 amide bonds. The average molecular weight is 879 g/mol. The molecule has 1 unspecified atom stereocenters. The molecule has 0 spiro atoms. The first kappa shape index (κ1) is 48.8. The van der Waals surface area contributed by atoms with Crippen molar-refractivity contribution in [2.24, 2.45) is 5.92 Å². The molecule has 4 heterocycles. The maximum atomic E-state index is 14.1. The van der Waals surface area contributed by atoms with Gasteiger partial charge in [-0.3, -0.25) is 0 Å². The highest BCUT2D eigenvalue weighted by Gasteiger charge is 2.50. The van der Waals surface area contributed by atoms with Crippen molar-refractivity contribution in [1.29, 1.82) is 0 Å². The predicted molar refractivity (Wildman–Crippen MR) is 240 cm³/mol. The van der Waals surface area contributed by atoms with Gasteiger partial charge in [-0.25, -0.2) is 8.42 Å². The highest BCUT2D eigenvalue weighted by molar-refractivity contribution is 7.91. The molecule has 0 radical (unpaired) electrons. The Morgan fingerprint density at radius 1 is 0.797 bits per heavy atom. The van der Waals surface area contributed by atoms with Crippen LogP contribution >= 0.6 is 0 Å². The highest BCUT2D eigenvalue weighted by atomic mass is 32.2. The molecule has 4 aliphatic heterocycles. The largest absolute Gasteiger partial charge is 0.414 e. The Balaban J connectivity index is 1.31. The predicted octanol–water partition coefficient (Wildman–Crippen LogP) is 9.80. The third-order valence-corrected chi connectivity index (χ3v) is 25.0. The van der Waals surface area contributed by atoms with Gasteiger partial charge < -0.3 is 37.3 Å². The second-order valence-corrected chi connectivity index (χ2v) is 32.2. The fourth-order valence-electron chi connectivity index (χ4n) is 8.36. The van der Waals surface area contributed by atoms with E-state index in [2.05, 4.69) is 80.9 Å². The fraction of sp³-hybridized carbons (Fsp3) is 0.783. The van der Waals surface area contributed by atoms with Gasteiger partial charge in [-0.1, -0.05) is 72.9 Å². The Kier molecular flexibility index (Phi) is 16.6. The van der Waals surface area contributed by atoms with Gasteiger partial charge in [0.1, 0.15) is 0 Å². The van der Waals surface area contributed by atoms with Crippen molar-refractivity contribution in [3.8, 4) is 0 Å². The summed E-state index contributed by atoms with van der Waals surface area (Å²) in [6.07, 6.45) is 5.22. The van der Waals surface area contributed by atoms with E-state index in [0.29, 0.717) is 37.6 Å². The number of ether oxygens (including phenoxy) is 6. The van der Waals surface area contributed by atoms with Crippen LogP contribution in [0.2, 0.25) is 36.3 Å². The fourth-order valence-corrected chi connectivity index (χ4v) is 12.4. The molecule has 0 N–H and O–H groups in total. The van der Waals surface area contributed by atoms with E-state index in [1.165, 1.54) is 0 Å². The molecule has 4 saturated heterocycles. The first-order chi connectivity index (χ1) is 27.5. The number of benzene rings is 1. The van der Waals surface area contributed by atoms with Crippen LogP contribution in [-0.4, -0.2) is 113 Å². The summed E-state index contributed by atoms with van der Waals surface area (Å²) in [6.45, 7) is 33.1. The second kappa shape index (κ2) is 20.1. The summed E-state index contributed by atoms with van der Waals surface area (Å²) >= 11 is 0. The quantitative estimate of drug-likeness (QED) is 0.0985. The van der Waals surface area contributed by atoms with Crippen molar-refractivity contribution in [3.05, 3.63) is 54.6 Å². The molecule has 59 heavy (non-hydrogen) atoms. The molecular formula is C46H78O10SSi2. The van der Waals surface area contributed by atoms with Gasteiger partial charge >= 0.3 is 0 Å². The standard InChI is InChI=1S/C46H78O10SSi2/c1-32-19-20-34(21-23-39-33(2)27-35(54-39)22-24-43-50-25-26-51-43)53-40(32)29-41-38(31-57(47,48)37-17-15-14-16-18-37)44(49-9)42(55-41)28-36(56-59(12,13)46(6,7)8)30-52-58(10,11)45(3,4)5/h14-18,34-36,38-44H,1-2,19-31H2,3-13H3/t34-,35+,36+,38+,39+,40-,41+,42-,44?/m1/s1. The lowest BCUT2D eigenvalue weighted by Crippen LogP contribution is -2.49. The zero-order valence-corrected chi connectivity index (χ0v) is 41.1. The summed E-state index contributed by atoms with van der Waals surface area (Å²) < 4.78 is 80.0. The maximum Gasteiger partial charge on any atom is 0.192 e. The molecule has 1 aromatic carbocycles. The van der Waals surface area contributed by atoms with E-state index in [-0.39, 0.29) is 52.6 Å². The van der Waals surface area contributed by atoms with Gasteiger partial charge in [0.25, 0.3) is 0 Å². The van der Waals surface area contributed by atoms with Crippen molar-refractivity contribution in [2.75, 3.05) is 32.7 Å². The van der Waals surface area contributed by atoms with E-state index < -0.39 is 50.7 Å². The smallest absolute Gasteiger partial charge is 0.192 e. The van der Waals surface area contributed by atoms with Crippen LogP contribution in [0.5, 0.6) is 0 Å². The Morgan fingerprint density at radius 3 is 2.05 bits per heavy atom. The first-order valence-electron chi connectivity index (χ1n) is 22.2. The molecule has 4 fully saturated rings. The van der Waals surface area contributed by atoms with Crippen LogP contribution < -0.4 is 0 Å². The number of hydrogen-bond acceptors (Lipinski definition) is 10. The summed E-state index contributed by atoms with van der Waals surface area (Å²) in [5.74, 6) is -0.538. The molecule has 0 aliphatic carbocycles. The molecule has 9 atom stereocenters. The molecule has 4 aliphatic rings. The Labute approximate surface area is 359 Å². The van der Waals surface area contributed by atoms with Crippen molar-refractivity contribution >= 4 is 26.5 Å². The van der Waals surface area contributed by atoms with E-state index in [1.54, 1.807) is 31.4 Å². The van der Waals surface area contributed by atoms with E-state index in [1.807, 2.05) is 6.07 Å². The van der Waals surface area contributed by atoms with Crippen molar-refractivity contribution in [3.63, 3.8) is 0 Å². The minimum atomic E-state index is -3.67. The lowest BCUT2D eigenvalue weighted by Gasteiger charge is -2.42. The van der Waals surface area contributed by atoms with E-state index in [4.69, 9.17) is 37.3 Å². The Hall–Kier alpha value is -1.24. The van der Waals surface area contributed by atoms with Crippen LogP contribution in [0.4, 0.5) is 0 Å². The molecule has 10 nitrogen and oxygen atoms in total. The molecule has 13 heteroatoms. The van der Waals surface area contributed by atoms with Crippen molar-refractivity contribution < 1.29 is 45.7 Å². The number of sulfone groups is 1. The van der Waals surface area contributed by atoms with Crippen molar-refractivity contribution in [2.45, 2.75) is 196 Å². The first-order valence-corrected chi connectivity index (χ1v) is 29.6. The van der Waals surface area contributed by atoms with E-state index >= 15 is 0 Å². The van der Waals surface area contributed by atoms with Crippen LogP contribution in [0.25, 0.3) is 0 Å². The summed E-state index contributed by atoms with van der Waals surface area (Å²) in [7, 11) is -6.33. The number of hydrogen-bond donors (Lipinski definition) is 0. The number of rotatable bonds is 19. The third-order valence-electron chi connectivity index (χ3n) is 14.1. The average Bonchev–Trinajstić information content (AvgIpc) is 3.88. The summed E-state index contributed by atoms with van der Waals surface area (Å²) in [4.78, 5) is 0.301. The SMILES string of the molecule is C=C1C[C@H](CCC2OCCO2)O[C@H]1CC[C@H]1CCC(=C)[C@@H](C[C@@H]2O[C@H](C[C@@H](CO[Si](C)(C)C(C)(C)C)O[Si](C)(C)C(C)(C)C)C(OC)[C@H]2CS(=O)(=O)c2ccccc2)O1. The van der Waals surface area contributed by atoms with Crippen LogP contribution in [0.15, 0.2) is 59.5 Å². The molecule has 336 valence electrons. The van der Waals surface area contributed by atoms with Gasteiger partial charge in [0.15, 0.2) is 32.8 Å². The lowest BCUT2D eigenvalue weighted by atomic mass is 9.88. The summed E-state index contributed by atoms with van der Waals surface area (Å²) in [6, 6.07) is 8.70. The zero-order chi connectivity index (χ0) is 43.4. The van der Waals surface area contributed by atoms with Crippen molar-refractivity contribution in [1.82, 2.24) is 0 Å². The summed E-state index contributed by atoms with van der Waals surface area (Å²) in [5.41, 5.74) is 2.16. The van der Waals surface area contributed by atoms with Crippen LogP contribution in [0, 0.1) is 5.92 Å². The minimum absolute atomic E-state index is 0.00802. The van der Waals surface area contributed by atoms with Gasteiger partial charge in [-0.05, 0) is 98.1 Å². The van der Waals surface area contributed by atoms with Crippen LogP contribution in [-0.2, 0) is 47.1 Å². The topological polar surface area (TPSA) is 108 Å². The molecule has 0 saturated carbocycles. The van der Waals surface area contributed by atoms with Gasteiger partial charge in [0, 0.05) is 32.3 Å². The third kappa shape index (κ3) is 12.9. The molecule has 5 rings (SSSR count). The highest BCUT2D eigenvalue weighted by Crippen LogP contribution is 2.43. The normalized spacial score (nSPS) is 29.7. The maximum absolute atomic E-state index is 14.1. The molecule has 1 aromatic rings.